The fraction of sp³-hybridized carbons (Fsp3) is 0.269. The van der Waals surface area contributed by atoms with Gasteiger partial charge in [0.2, 0.25) is 0 Å². The average molecular weight is 399 g/mol. The highest BCUT2D eigenvalue weighted by Gasteiger charge is 2.39. The van der Waals surface area contributed by atoms with Gasteiger partial charge < -0.3 is 14.4 Å². The maximum atomic E-state index is 13.6. The summed E-state index contributed by atoms with van der Waals surface area (Å²) in [6.45, 7) is 2.70. The number of carbonyl (C=O) groups excluding carboxylic acids is 1. The Morgan fingerprint density at radius 1 is 1.00 bits per heavy atom. The van der Waals surface area contributed by atoms with E-state index in [4.69, 9.17) is 9.47 Å². The zero-order valence-corrected chi connectivity index (χ0v) is 17.6. The normalized spacial score (nSPS) is 16.5. The number of fused-ring (bicyclic) bond motifs is 2. The molecule has 1 amide bonds. The van der Waals surface area contributed by atoms with Crippen LogP contribution < -0.4 is 9.47 Å². The van der Waals surface area contributed by atoms with E-state index in [9.17, 15) is 4.79 Å². The highest BCUT2D eigenvalue weighted by atomic mass is 16.5. The van der Waals surface area contributed by atoms with Crippen molar-refractivity contribution in [3.8, 4) is 22.6 Å². The van der Waals surface area contributed by atoms with Crippen LogP contribution in [0.4, 0.5) is 0 Å². The first-order valence-corrected chi connectivity index (χ1v) is 10.4. The number of carbonyl (C=O) groups is 1. The second-order valence-electron chi connectivity index (χ2n) is 8.00. The van der Waals surface area contributed by atoms with Crippen LogP contribution in [-0.2, 0) is 12.8 Å². The van der Waals surface area contributed by atoms with Crippen LogP contribution in [0.2, 0.25) is 0 Å². The van der Waals surface area contributed by atoms with Crippen molar-refractivity contribution in [2.75, 3.05) is 20.8 Å². The second-order valence-corrected chi connectivity index (χ2v) is 8.00. The summed E-state index contributed by atoms with van der Waals surface area (Å²) in [6.07, 6.45) is 1.61. The lowest BCUT2D eigenvalue weighted by Gasteiger charge is -2.42. The Bertz CT molecular complexity index is 1150. The summed E-state index contributed by atoms with van der Waals surface area (Å²) in [6, 6.07) is 18.3. The molecule has 5 rings (SSSR count). The molecule has 3 aromatic rings. The predicted octanol–water partition coefficient (Wildman–Crippen LogP) is 4.97. The zero-order chi connectivity index (χ0) is 20.8. The molecule has 0 saturated carbocycles. The highest BCUT2D eigenvalue weighted by molar-refractivity contribution is 5.97. The van der Waals surface area contributed by atoms with E-state index in [0.29, 0.717) is 6.54 Å². The third-order valence-corrected chi connectivity index (χ3v) is 6.46. The van der Waals surface area contributed by atoms with Crippen molar-refractivity contribution >= 4 is 5.91 Å². The van der Waals surface area contributed by atoms with Gasteiger partial charge in [-0.05, 0) is 59.7 Å². The summed E-state index contributed by atoms with van der Waals surface area (Å²) in [5.74, 6) is 1.60. The third kappa shape index (κ3) is 2.71. The molecule has 1 atom stereocenters. The van der Waals surface area contributed by atoms with E-state index in [0.717, 1.165) is 41.0 Å². The van der Waals surface area contributed by atoms with E-state index in [-0.39, 0.29) is 11.9 Å². The summed E-state index contributed by atoms with van der Waals surface area (Å²) in [7, 11) is 3.37. The molecule has 0 spiro atoms. The molecule has 30 heavy (non-hydrogen) atoms. The van der Waals surface area contributed by atoms with E-state index in [1.165, 1.54) is 22.3 Å². The number of nitrogens with zero attached hydrogens (tertiary/aromatic N) is 1. The smallest absolute Gasteiger partial charge is 0.254 e. The van der Waals surface area contributed by atoms with Gasteiger partial charge in [-0.2, -0.15) is 0 Å². The molecule has 4 heteroatoms. The van der Waals surface area contributed by atoms with E-state index in [1.807, 2.05) is 31.2 Å². The Balaban J connectivity index is 1.71. The molecule has 0 N–H and O–H groups in total. The standard InChI is InChI=1S/C26H25NO3/c1-16-8-4-6-10-19(16)26(28)27-13-12-18-15-22(29-2)25(30-3)24-20-11-7-5-9-17(20)14-21(27)23(18)24/h4-11,15,21H,12-14H2,1-3H3. The van der Waals surface area contributed by atoms with Gasteiger partial charge in [-0.1, -0.05) is 42.5 Å². The van der Waals surface area contributed by atoms with Crippen LogP contribution in [0, 0.1) is 6.92 Å². The first-order chi connectivity index (χ1) is 14.6. The number of rotatable bonds is 3. The number of benzene rings is 3. The monoisotopic (exact) mass is 399 g/mol. The van der Waals surface area contributed by atoms with Gasteiger partial charge in [0.15, 0.2) is 11.5 Å². The molecule has 0 aromatic heterocycles. The Labute approximate surface area is 177 Å². The van der Waals surface area contributed by atoms with Crippen LogP contribution in [0.1, 0.15) is 38.7 Å². The van der Waals surface area contributed by atoms with Gasteiger partial charge in [0.05, 0.1) is 20.3 Å². The van der Waals surface area contributed by atoms with Gasteiger partial charge in [0, 0.05) is 17.7 Å². The fourth-order valence-corrected chi connectivity index (χ4v) is 5.04. The molecule has 0 bridgehead atoms. The van der Waals surface area contributed by atoms with Crippen molar-refractivity contribution in [2.45, 2.75) is 25.8 Å². The van der Waals surface area contributed by atoms with Crippen LogP contribution >= 0.6 is 0 Å². The molecule has 1 heterocycles. The van der Waals surface area contributed by atoms with Crippen molar-refractivity contribution in [3.05, 3.63) is 82.4 Å². The van der Waals surface area contributed by atoms with Gasteiger partial charge in [0.1, 0.15) is 0 Å². The van der Waals surface area contributed by atoms with Crippen LogP contribution in [0.5, 0.6) is 11.5 Å². The zero-order valence-electron chi connectivity index (χ0n) is 17.6. The van der Waals surface area contributed by atoms with Crippen molar-refractivity contribution in [1.29, 1.82) is 0 Å². The maximum absolute atomic E-state index is 13.6. The highest BCUT2D eigenvalue weighted by Crippen LogP contribution is 2.52. The van der Waals surface area contributed by atoms with Gasteiger partial charge in [-0.3, -0.25) is 4.79 Å². The Morgan fingerprint density at radius 3 is 2.53 bits per heavy atom. The predicted molar refractivity (Wildman–Crippen MR) is 117 cm³/mol. The molecular weight excluding hydrogens is 374 g/mol. The molecular formula is C26H25NO3. The average Bonchev–Trinajstić information content (AvgIpc) is 2.78. The van der Waals surface area contributed by atoms with Crippen LogP contribution in [0.3, 0.4) is 0 Å². The Kier molecular flexibility index (Phi) is 4.50. The summed E-state index contributed by atoms with van der Waals surface area (Å²) >= 11 is 0. The number of amides is 1. The molecule has 152 valence electrons. The summed E-state index contributed by atoms with van der Waals surface area (Å²) in [5.41, 5.74) is 7.72. The van der Waals surface area contributed by atoms with Crippen molar-refractivity contribution < 1.29 is 14.3 Å². The number of aryl methyl sites for hydroxylation is 1. The van der Waals surface area contributed by atoms with Crippen molar-refractivity contribution in [1.82, 2.24) is 4.90 Å². The largest absolute Gasteiger partial charge is 0.493 e. The molecule has 3 aromatic carbocycles. The van der Waals surface area contributed by atoms with E-state index < -0.39 is 0 Å². The minimum absolute atomic E-state index is 0.00874. The Hall–Kier alpha value is -3.27. The number of hydrogen-bond donors (Lipinski definition) is 0. The molecule has 0 saturated heterocycles. The number of ether oxygens (including phenoxy) is 2. The van der Waals surface area contributed by atoms with E-state index >= 15 is 0 Å². The van der Waals surface area contributed by atoms with Crippen molar-refractivity contribution in [3.63, 3.8) is 0 Å². The van der Waals surface area contributed by atoms with Crippen LogP contribution in [0.25, 0.3) is 11.1 Å². The number of hydrogen-bond acceptors (Lipinski definition) is 3. The van der Waals surface area contributed by atoms with Gasteiger partial charge in [-0.25, -0.2) is 0 Å². The van der Waals surface area contributed by atoms with Gasteiger partial charge in [0.25, 0.3) is 5.91 Å². The summed E-state index contributed by atoms with van der Waals surface area (Å²) in [5, 5.41) is 0. The van der Waals surface area contributed by atoms with Crippen molar-refractivity contribution in [2.24, 2.45) is 0 Å². The van der Waals surface area contributed by atoms with E-state index in [2.05, 4.69) is 35.2 Å². The molecule has 4 nitrogen and oxygen atoms in total. The maximum Gasteiger partial charge on any atom is 0.254 e. The van der Waals surface area contributed by atoms with Crippen LogP contribution in [0.15, 0.2) is 54.6 Å². The Morgan fingerprint density at radius 2 is 1.77 bits per heavy atom. The molecule has 1 unspecified atom stereocenters. The first kappa shape index (κ1) is 18.7. The SMILES string of the molecule is COc1cc2c3c(c1OC)-c1ccccc1CC3N(C(=O)c1ccccc1C)CC2. The van der Waals surface area contributed by atoms with Gasteiger partial charge >= 0.3 is 0 Å². The molecule has 2 aliphatic rings. The third-order valence-electron chi connectivity index (χ3n) is 6.46. The molecule has 0 fully saturated rings. The molecule has 1 aliphatic heterocycles. The minimum Gasteiger partial charge on any atom is -0.493 e. The lowest BCUT2D eigenvalue weighted by Crippen LogP contribution is -2.42. The summed E-state index contributed by atoms with van der Waals surface area (Å²) in [4.78, 5) is 15.6. The quantitative estimate of drug-likeness (QED) is 0.624. The van der Waals surface area contributed by atoms with Crippen LogP contribution in [-0.4, -0.2) is 31.6 Å². The second kappa shape index (κ2) is 7.21. The molecule has 0 radical (unpaired) electrons. The lowest BCUT2D eigenvalue weighted by atomic mass is 9.76. The van der Waals surface area contributed by atoms with E-state index in [1.54, 1.807) is 14.2 Å². The minimum atomic E-state index is -0.00874. The first-order valence-electron chi connectivity index (χ1n) is 10.4. The topological polar surface area (TPSA) is 38.8 Å². The summed E-state index contributed by atoms with van der Waals surface area (Å²) < 4.78 is 11.5. The number of methoxy groups -OCH3 is 2. The molecule has 1 aliphatic carbocycles. The fourth-order valence-electron chi connectivity index (χ4n) is 5.04. The van der Waals surface area contributed by atoms with Gasteiger partial charge in [-0.15, -0.1) is 0 Å². The lowest BCUT2D eigenvalue weighted by molar-refractivity contribution is 0.0657.